The minimum absolute atomic E-state index is 0.795. The van der Waals surface area contributed by atoms with E-state index in [1.165, 1.54) is 0 Å². The van der Waals surface area contributed by atoms with Crippen molar-refractivity contribution in [2.45, 2.75) is 0 Å². The van der Waals surface area contributed by atoms with Gasteiger partial charge in [-0.2, -0.15) is 0 Å². The Bertz CT molecular complexity index is 1420. The summed E-state index contributed by atoms with van der Waals surface area (Å²) >= 11 is 0. The van der Waals surface area contributed by atoms with E-state index in [2.05, 4.69) is 70.6 Å². The van der Waals surface area contributed by atoms with Crippen molar-refractivity contribution in [2.24, 2.45) is 0 Å². The fraction of sp³-hybridized carbons (Fsp3) is 0. The lowest BCUT2D eigenvalue weighted by molar-refractivity contribution is 0.484. The molecule has 2 heterocycles. The Hall–Kier alpha value is -3.98. The molecular formula is C26H16N2O. The van der Waals surface area contributed by atoms with Gasteiger partial charge in [-0.15, -0.1) is 0 Å². The molecule has 0 N–H and O–H groups in total. The summed E-state index contributed by atoms with van der Waals surface area (Å²) < 4.78 is 6.24. The predicted octanol–water partition coefficient (Wildman–Crippen LogP) is 6.88. The molecule has 0 bridgehead atoms. The average Bonchev–Trinajstić information content (AvgIpc) is 2.79. The van der Waals surface area contributed by atoms with Gasteiger partial charge in [-0.25, -0.2) is 0 Å². The second kappa shape index (κ2) is 6.28. The highest BCUT2D eigenvalue weighted by Gasteiger charge is 2.07. The van der Waals surface area contributed by atoms with Gasteiger partial charge in [0.05, 0.1) is 11.0 Å². The highest BCUT2D eigenvalue weighted by atomic mass is 16.5. The van der Waals surface area contributed by atoms with Crippen molar-refractivity contribution in [1.82, 2.24) is 9.97 Å². The molecule has 0 unspecified atom stereocenters. The number of rotatable bonds is 2. The first-order valence-corrected chi connectivity index (χ1v) is 9.58. The molecule has 6 rings (SSSR count). The Morgan fingerprint density at radius 3 is 1.45 bits per heavy atom. The Morgan fingerprint density at radius 1 is 0.483 bits per heavy atom. The molecule has 136 valence electrons. The van der Waals surface area contributed by atoms with E-state index < -0.39 is 0 Å². The summed E-state index contributed by atoms with van der Waals surface area (Å²) in [5.74, 6) is 1.59. The third kappa shape index (κ3) is 2.67. The number of aromatic nitrogens is 2. The van der Waals surface area contributed by atoms with E-state index in [0.29, 0.717) is 0 Å². The molecule has 0 saturated carbocycles. The van der Waals surface area contributed by atoms with Gasteiger partial charge in [-0.1, -0.05) is 48.5 Å². The number of ether oxygens (including phenoxy) is 1. The van der Waals surface area contributed by atoms with Crippen molar-refractivity contribution in [2.75, 3.05) is 0 Å². The van der Waals surface area contributed by atoms with Crippen LogP contribution >= 0.6 is 0 Å². The summed E-state index contributed by atoms with van der Waals surface area (Å²) in [6.07, 6.45) is 3.66. The summed E-state index contributed by atoms with van der Waals surface area (Å²) in [5.41, 5.74) is 1.98. The van der Waals surface area contributed by atoms with Crippen LogP contribution in [0.2, 0.25) is 0 Å². The number of nitrogens with zero attached hydrogens (tertiary/aromatic N) is 2. The van der Waals surface area contributed by atoms with Gasteiger partial charge < -0.3 is 4.74 Å². The maximum Gasteiger partial charge on any atom is 0.128 e. The van der Waals surface area contributed by atoms with Gasteiger partial charge in [0.1, 0.15) is 11.5 Å². The molecule has 3 nitrogen and oxygen atoms in total. The molecule has 0 fully saturated rings. The fourth-order valence-electron chi connectivity index (χ4n) is 3.95. The van der Waals surface area contributed by atoms with E-state index in [1.807, 2.05) is 36.7 Å². The lowest BCUT2D eigenvalue weighted by atomic mass is 10.1. The summed E-state index contributed by atoms with van der Waals surface area (Å²) in [6, 6.07) is 28.8. The SMILES string of the molecule is c1cnc2c(c1)ccc1ccc(Oc3ccc4ccc5cccnc5c4c3)cc12. The lowest BCUT2D eigenvalue weighted by Gasteiger charge is -2.10. The Kier molecular flexibility index (Phi) is 3.47. The normalized spacial score (nSPS) is 11.4. The van der Waals surface area contributed by atoms with Gasteiger partial charge in [0.15, 0.2) is 0 Å². The van der Waals surface area contributed by atoms with Crippen LogP contribution in [0.25, 0.3) is 43.4 Å². The van der Waals surface area contributed by atoms with Gasteiger partial charge in [0.2, 0.25) is 0 Å². The first-order valence-electron chi connectivity index (χ1n) is 9.58. The molecule has 0 amide bonds. The highest BCUT2D eigenvalue weighted by molar-refractivity contribution is 6.06. The maximum absolute atomic E-state index is 6.24. The smallest absolute Gasteiger partial charge is 0.128 e. The van der Waals surface area contributed by atoms with E-state index in [9.17, 15) is 0 Å². The molecule has 0 radical (unpaired) electrons. The number of hydrogen-bond acceptors (Lipinski definition) is 3. The summed E-state index contributed by atoms with van der Waals surface area (Å²) in [7, 11) is 0. The van der Waals surface area contributed by atoms with Crippen molar-refractivity contribution in [3.8, 4) is 11.5 Å². The second-order valence-corrected chi connectivity index (χ2v) is 7.15. The largest absolute Gasteiger partial charge is 0.457 e. The van der Waals surface area contributed by atoms with Crippen molar-refractivity contribution in [3.63, 3.8) is 0 Å². The monoisotopic (exact) mass is 372 g/mol. The van der Waals surface area contributed by atoms with Gasteiger partial charge >= 0.3 is 0 Å². The van der Waals surface area contributed by atoms with Crippen LogP contribution in [0.3, 0.4) is 0 Å². The fourth-order valence-corrected chi connectivity index (χ4v) is 3.95. The quantitative estimate of drug-likeness (QED) is 0.311. The van der Waals surface area contributed by atoms with Crippen LogP contribution in [0.15, 0.2) is 97.3 Å². The van der Waals surface area contributed by atoms with Crippen molar-refractivity contribution in [3.05, 3.63) is 97.3 Å². The van der Waals surface area contributed by atoms with E-state index in [-0.39, 0.29) is 0 Å². The van der Waals surface area contributed by atoms with Crippen LogP contribution in [0, 0.1) is 0 Å². The number of fused-ring (bicyclic) bond motifs is 6. The Labute approximate surface area is 167 Å². The van der Waals surface area contributed by atoms with E-state index in [1.54, 1.807) is 0 Å². The number of hydrogen-bond donors (Lipinski definition) is 0. The van der Waals surface area contributed by atoms with Gasteiger partial charge in [0, 0.05) is 33.9 Å². The molecule has 0 aliphatic carbocycles. The van der Waals surface area contributed by atoms with Gasteiger partial charge in [-0.3, -0.25) is 9.97 Å². The van der Waals surface area contributed by atoms with Crippen molar-refractivity contribution < 1.29 is 4.74 Å². The summed E-state index contributed by atoms with van der Waals surface area (Å²) in [5, 5.41) is 6.73. The molecule has 29 heavy (non-hydrogen) atoms. The zero-order chi connectivity index (χ0) is 19.2. The molecule has 0 spiro atoms. The molecule has 0 saturated heterocycles. The number of benzene rings is 4. The third-order valence-corrected chi connectivity index (χ3v) is 5.36. The third-order valence-electron chi connectivity index (χ3n) is 5.36. The van der Waals surface area contributed by atoms with Crippen LogP contribution in [-0.4, -0.2) is 9.97 Å². The molecule has 6 aromatic rings. The lowest BCUT2D eigenvalue weighted by Crippen LogP contribution is -1.87. The maximum atomic E-state index is 6.24. The van der Waals surface area contributed by atoms with Crippen LogP contribution < -0.4 is 4.74 Å². The standard InChI is InChI=1S/C26H16N2O/c1-3-19-7-5-17-9-11-21(15-23(17)25(19)27-13-1)29-22-12-10-18-6-8-20-4-2-14-28-26(20)24(18)16-22/h1-16H. The molecule has 2 aromatic heterocycles. The average molecular weight is 372 g/mol. The molecule has 0 aliphatic rings. The zero-order valence-corrected chi connectivity index (χ0v) is 15.5. The van der Waals surface area contributed by atoms with E-state index >= 15 is 0 Å². The predicted molar refractivity (Wildman–Crippen MR) is 119 cm³/mol. The van der Waals surface area contributed by atoms with Crippen LogP contribution in [-0.2, 0) is 0 Å². The Morgan fingerprint density at radius 2 is 0.931 bits per heavy atom. The molecule has 3 heteroatoms. The van der Waals surface area contributed by atoms with Crippen molar-refractivity contribution >= 4 is 43.4 Å². The minimum Gasteiger partial charge on any atom is -0.457 e. The topological polar surface area (TPSA) is 35.0 Å². The number of pyridine rings is 2. The Balaban J connectivity index is 1.48. The molecule has 0 aliphatic heterocycles. The van der Waals surface area contributed by atoms with Gasteiger partial charge in [0.25, 0.3) is 0 Å². The van der Waals surface area contributed by atoms with E-state index in [4.69, 9.17) is 4.74 Å². The molecule has 4 aromatic carbocycles. The molecular weight excluding hydrogens is 356 g/mol. The van der Waals surface area contributed by atoms with Crippen LogP contribution in [0.1, 0.15) is 0 Å². The highest BCUT2D eigenvalue weighted by Crippen LogP contribution is 2.32. The van der Waals surface area contributed by atoms with Crippen molar-refractivity contribution in [1.29, 1.82) is 0 Å². The first-order chi connectivity index (χ1) is 14.3. The minimum atomic E-state index is 0.795. The summed E-state index contributed by atoms with van der Waals surface area (Å²) in [6.45, 7) is 0. The van der Waals surface area contributed by atoms with Gasteiger partial charge in [-0.05, 0) is 47.2 Å². The second-order valence-electron chi connectivity index (χ2n) is 7.15. The zero-order valence-electron chi connectivity index (χ0n) is 15.5. The van der Waals surface area contributed by atoms with E-state index in [0.717, 1.165) is 54.8 Å². The van der Waals surface area contributed by atoms with Crippen LogP contribution in [0.5, 0.6) is 11.5 Å². The van der Waals surface area contributed by atoms with Crippen LogP contribution in [0.4, 0.5) is 0 Å². The molecule has 0 atom stereocenters. The summed E-state index contributed by atoms with van der Waals surface area (Å²) in [4.78, 5) is 9.14. The first kappa shape index (κ1) is 16.0.